The number of piperidine rings is 1. The van der Waals surface area contributed by atoms with Crippen LogP contribution in [0.1, 0.15) is 33.1 Å². The van der Waals surface area contributed by atoms with Gasteiger partial charge in [-0.25, -0.2) is 5.48 Å². The zero-order valence-electron chi connectivity index (χ0n) is 12.7. The van der Waals surface area contributed by atoms with Crippen molar-refractivity contribution in [1.29, 1.82) is 0 Å². The average Bonchev–Trinajstić information content (AvgIpc) is 2.52. The molecule has 5 N–H and O–H groups in total. The first-order valence-electron chi connectivity index (χ1n) is 7.14. The van der Waals surface area contributed by atoms with Gasteiger partial charge < -0.3 is 11.1 Å². The summed E-state index contributed by atoms with van der Waals surface area (Å²) in [4.78, 5) is 47.7. The Morgan fingerprint density at radius 2 is 2.09 bits per heavy atom. The van der Waals surface area contributed by atoms with Crippen molar-refractivity contribution >= 4 is 23.6 Å². The number of hydrogen-bond acceptors (Lipinski definition) is 6. The lowest BCUT2D eigenvalue weighted by Gasteiger charge is -2.31. The zero-order chi connectivity index (χ0) is 16.9. The molecule has 0 aromatic rings. The molecule has 1 rings (SSSR count). The van der Waals surface area contributed by atoms with E-state index in [0.29, 0.717) is 6.42 Å². The predicted octanol–water partition coefficient (Wildman–Crippen LogP) is -1.50. The summed E-state index contributed by atoms with van der Waals surface area (Å²) in [5.41, 5.74) is 7.15. The molecule has 0 radical (unpaired) electrons. The highest BCUT2D eigenvalue weighted by atomic mass is 16.5. The Bertz CT molecular complexity index is 467. The Labute approximate surface area is 128 Å². The van der Waals surface area contributed by atoms with Crippen molar-refractivity contribution in [2.75, 3.05) is 6.54 Å². The average molecular weight is 314 g/mol. The van der Waals surface area contributed by atoms with Crippen LogP contribution in [-0.2, 0) is 19.2 Å². The van der Waals surface area contributed by atoms with Crippen LogP contribution in [0.4, 0.5) is 0 Å². The minimum Gasteiger partial charge on any atom is -0.343 e. The van der Waals surface area contributed by atoms with E-state index in [1.54, 1.807) is 0 Å². The second kappa shape index (κ2) is 7.85. The van der Waals surface area contributed by atoms with Crippen molar-refractivity contribution in [3.63, 3.8) is 0 Å². The van der Waals surface area contributed by atoms with E-state index >= 15 is 0 Å². The molecule has 1 aliphatic heterocycles. The lowest BCUT2D eigenvalue weighted by molar-refractivity contribution is -0.154. The molecule has 22 heavy (non-hydrogen) atoms. The lowest BCUT2D eigenvalue weighted by Crippen LogP contribution is -2.58. The monoisotopic (exact) mass is 314 g/mol. The van der Waals surface area contributed by atoms with Crippen LogP contribution in [0.5, 0.6) is 0 Å². The van der Waals surface area contributed by atoms with Gasteiger partial charge in [0.05, 0.1) is 6.04 Å². The Kier molecular flexibility index (Phi) is 6.44. The molecule has 0 aromatic carbocycles. The standard InChI is InChI=1S/C13H22N4O5/c1-3-7(2)11(14)12(20)15-8-4-5-10(19)17(13(8)21)6-9(18)16-22/h7-8,11,22H,3-6,14H2,1-2H3,(H,15,20)(H,16,18)/t7-,8-,11-/m0/s1. The molecular weight excluding hydrogens is 292 g/mol. The molecule has 0 saturated carbocycles. The molecule has 1 aliphatic rings. The number of hydrogen-bond donors (Lipinski definition) is 4. The molecule has 0 spiro atoms. The van der Waals surface area contributed by atoms with Crippen molar-refractivity contribution in [2.45, 2.75) is 45.2 Å². The quantitative estimate of drug-likeness (QED) is 0.267. The predicted molar refractivity (Wildman–Crippen MR) is 75.2 cm³/mol. The summed E-state index contributed by atoms with van der Waals surface area (Å²) in [5.74, 6) is -2.59. The number of amides is 4. The van der Waals surface area contributed by atoms with Gasteiger partial charge in [-0.1, -0.05) is 20.3 Å². The van der Waals surface area contributed by atoms with Gasteiger partial charge in [-0.2, -0.15) is 0 Å². The Morgan fingerprint density at radius 3 is 2.64 bits per heavy atom. The van der Waals surface area contributed by atoms with Gasteiger partial charge in [-0.15, -0.1) is 0 Å². The zero-order valence-corrected chi connectivity index (χ0v) is 12.7. The summed E-state index contributed by atoms with van der Waals surface area (Å²) in [6.07, 6.45) is 0.899. The number of carbonyl (C=O) groups is 4. The minimum absolute atomic E-state index is 0.0218. The van der Waals surface area contributed by atoms with Crippen LogP contribution in [0.25, 0.3) is 0 Å². The molecule has 0 unspecified atom stereocenters. The Balaban J connectivity index is 2.72. The highest BCUT2D eigenvalue weighted by molar-refractivity contribution is 6.04. The molecule has 0 bridgehead atoms. The summed E-state index contributed by atoms with van der Waals surface area (Å²) < 4.78 is 0. The second-order valence-electron chi connectivity index (χ2n) is 5.36. The van der Waals surface area contributed by atoms with Gasteiger partial charge in [0, 0.05) is 6.42 Å². The normalized spacial score (nSPS) is 21.3. The molecule has 9 nitrogen and oxygen atoms in total. The summed E-state index contributed by atoms with van der Waals surface area (Å²) in [6, 6.07) is -1.64. The van der Waals surface area contributed by atoms with Crippen LogP contribution in [0.2, 0.25) is 0 Å². The fourth-order valence-electron chi connectivity index (χ4n) is 2.10. The third-order valence-electron chi connectivity index (χ3n) is 3.81. The largest absolute Gasteiger partial charge is 0.343 e. The third-order valence-corrected chi connectivity index (χ3v) is 3.81. The van der Waals surface area contributed by atoms with Crippen molar-refractivity contribution in [3.8, 4) is 0 Å². The molecule has 1 fully saturated rings. The van der Waals surface area contributed by atoms with Gasteiger partial charge in [-0.3, -0.25) is 29.3 Å². The molecule has 0 aliphatic carbocycles. The number of likely N-dealkylation sites (tertiary alicyclic amines) is 1. The SMILES string of the molecule is CC[C@H](C)[C@H](N)C(=O)N[C@H]1CCC(=O)N(CC(=O)NO)C1=O. The third kappa shape index (κ3) is 4.25. The summed E-state index contributed by atoms with van der Waals surface area (Å²) in [5, 5.41) is 11.0. The van der Waals surface area contributed by atoms with Crippen LogP contribution in [0.15, 0.2) is 0 Å². The second-order valence-corrected chi connectivity index (χ2v) is 5.36. The van der Waals surface area contributed by atoms with Gasteiger partial charge >= 0.3 is 0 Å². The van der Waals surface area contributed by atoms with E-state index in [2.05, 4.69) is 5.32 Å². The van der Waals surface area contributed by atoms with E-state index in [9.17, 15) is 19.2 Å². The molecule has 4 amide bonds. The molecule has 3 atom stereocenters. The molecule has 124 valence electrons. The molecule has 0 aromatic heterocycles. The first kappa shape index (κ1) is 18.1. The van der Waals surface area contributed by atoms with E-state index in [1.165, 1.54) is 5.48 Å². The van der Waals surface area contributed by atoms with E-state index < -0.39 is 42.3 Å². The van der Waals surface area contributed by atoms with Gasteiger partial charge in [0.15, 0.2) is 0 Å². The van der Waals surface area contributed by atoms with E-state index in [1.807, 2.05) is 13.8 Å². The first-order chi connectivity index (χ1) is 10.3. The number of rotatable bonds is 6. The number of carbonyl (C=O) groups excluding carboxylic acids is 4. The highest BCUT2D eigenvalue weighted by Gasteiger charge is 2.37. The minimum atomic E-state index is -0.896. The summed E-state index contributed by atoms with van der Waals surface area (Å²) in [6.45, 7) is 3.14. The van der Waals surface area contributed by atoms with Crippen LogP contribution >= 0.6 is 0 Å². The maximum absolute atomic E-state index is 12.2. The number of imide groups is 1. The van der Waals surface area contributed by atoms with Crippen LogP contribution in [-0.4, -0.2) is 52.4 Å². The van der Waals surface area contributed by atoms with Crippen molar-refractivity contribution < 1.29 is 24.4 Å². The fraction of sp³-hybridized carbons (Fsp3) is 0.692. The summed E-state index contributed by atoms with van der Waals surface area (Å²) >= 11 is 0. The number of nitrogens with zero attached hydrogens (tertiary/aromatic N) is 1. The molecular formula is C13H22N4O5. The van der Waals surface area contributed by atoms with Gasteiger partial charge in [-0.05, 0) is 12.3 Å². The molecule has 1 saturated heterocycles. The number of hydroxylamine groups is 1. The maximum Gasteiger partial charge on any atom is 0.263 e. The van der Waals surface area contributed by atoms with Gasteiger partial charge in [0.25, 0.3) is 11.8 Å². The summed E-state index contributed by atoms with van der Waals surface area (Å²) in [7, 11) is 0. The van der Waals surface area contributed by atoms with Crippen LogP contribution < -0.4 is 16.5 Å². The van der Waals surface area contributed by atoms with Gasteiger partial charge in [0.1, 0.15) is 12.6 Å². The Morgan fingerprint density at radius 1 is 1.45 bits per heavy atom. The Hall–Kier alpha value is -2.00. The van der Waals surface area contributed by atoms with Crippen LogP contribution in [0.3, 0.4) is 0 Å². The lowest BCUT2D eigenvalue weighted by atomic mass is 9.98. The van der Waals surface area contributed by atoms with Crippen LogP contribution in [0, 0.1) is 5.92 Å². The number of nitrogens with one attached hydrogen (secondary N) is 2. The number of nitrogens with two attached hydrogens (primary N) is 1. The van der Waals surface area contributed by atoms with Crippen molar-refractivity contribution in [3.05, 3.63) is 0 Å². The van der Waals surface area contributed by atoms with E-state index in [0.717, 1.165) is 4.90 Å². The van der Waals surface area contributed by atoms with E-state index in [-0.39, 0.29) is 18.8 Å². The van der Waals surface area contributed by atoms with Gasteiger partial charge in [0.2, 0.25) is 11.8 Å². The fourth-order valence-corrected chi connectivity index (χ4v) is 2.10. The first-order valence-corrected chi connectivity index (χ1v) is 7.14. The smallest absolute Gasteiger partial charge is 0.263 e. The van der Waals surface area contributed by atoms with Crippen molar-refractivity contribution in [1.82, 2.24) is 15.7 Å². The van der Waals surface area contributed by atoms with Crippen molar-refractivity contribution in [2.24, 2.45) is 11.7 Å². The highest BCUT2D eigenvalue weighted by Crippen LogP contribution is 2.14. The molecule has 1 heterocycles. The topological polar surface area (TPSA) is 142 Å². The molecule has 9 heteroatoms. The van der Waals surface area contributed by atoms with E-state index in [4.69, 9.17) is 10.9 Å². The maximum atomic E-state index is 12.2.